The highest BCUT2D eigenvalue weighted by atomic mass is 16.5. The first-order valence-corrected chi connectivity index (χ1v) is 13.6. The Bertz CT molecular complexity index is 1660. The molecule has 0 aliphatic heterocycles. The van der Waals surface area contributed by atoms with Crippen LogP contribution in [0.5, 0.6) is 5.75 Å². The van der Waals surface area contributed by atoms with Crippen LogP contribution >= 0.6 is 0 Å². The maximum absolute atomic E-state index is 11.7. The minimum Gasteiger partial charge on any atom is -0.478 e. The quantitative estimate of drug-likeness (QED) is 0.198. The van der Waals surface area contributed by atoms with Gasteiger partial charge in [0.1, 0.15) is 11.5 Å². The number of aromatic nitrogens is 4. The Labute approximate surface area is 244 Å². The summed E-state index contributed by atoms with van der Waals surface area (Å²) in [7, 11) is 0. The smallest absolute Gasteiger partial charge is 0.347 e. The molecule has 0 bridgehead atoms. The number of hydrogen-bond acceptors (Lipinski definition) is 9. The molecule has 1 N–H and O–H groups in total. The first-order chi connectivity index (χ1) is 20.1. The molecule has 216 valence electrons. The average Bonchev–Trinajstić information content (AvgIpc) is 3.58. The Hall–Kier alpha value is -4.83. The molecule has 0 spiro atoms. The van der Waals surface area contributed by atoms with Gasteiger partial charge >= 0.3 is 5.97 Å². The molecule has 0 saturated carbocycles. The van der Waals surface area contributed by atoms with Crippen molar-refractivity contribution < 1.29 is 23.5 Å². The molecular formula is C32H33N5O5. The molecule has 3 heterocycles. The van der Waals surface area contributed by atoms with Gasteiger partial charge in [-0.25, -0.2) is 9.78 Å². The second-order valence-corrected chi connectivity index (χ2v) is 10.8. The third kappa shape index (κ3) is 6.55. The van der Waals surface area contributed by atoms with Crippen LogP contribution in [-0.4, -0.2) is 41.7 Å². The van der Waals surface area contributed by atoms with Gasteiger partial charge in [0.2, 0.25) is 17.7 Å². The molecule has 0 fully saturated rings. The lowest BCUT2D eigenvalue weighted by molar-refractivity contribution is -0.152. The van der Waals surface area contributed by atoms with E-state index in [-0.39, 0.29) is 0 Å². The van der Waals surface area contributed by atoms with Crippen LogP contribution in [0.2, 0.25) is 0 Å². The lowest BCUT2D eigenvalue weighted by Gasteiger charge is -2.25. The number of nitrogens with zero attached hydrogens (tertiary/aromatic N) is 5. The van der Waals surface area contributed by atoms with Crippen molar-refractivity contribution in [3.05, 3.63) is 101 Å². The van der Waals surface area contributed by atoms with Crippen molar-refractivity contribution in [1.82, 2.24) is 25.1 Å². The molecule has 3 aromatic heterocycles. The maximum atomic E-state index is 11.7. The van der Waals surface area contributed by atoms with Gasteiger partial charge in [-0.3, -0.25) is 9.88 Å². The molecule has 0 saturated heterocycles. The summed E-state index contributed by atoms with van der Waals surface area (Å²) in [6, 6.07) is 17.5. The van der Waals surface area contributed by atoms with Crippen LogP contribution in [0.1, 0.15) is 47.9 Å². The summed E-state index contributed by atoms with van der Waals surface area (Å²) in [5.74, 6) is 1.68. The molecule has 0 radical (unpaired) electrons. The first kappa shape index (κ1) is 28.7. The van der Waals surface area contributed by atoms with Crippen molar-refractivity contribution in [2.45, 2.75) is 59.9 Å². The molecule has 0 aliphatic carbocycles. The summed E-state index contributed by atoms with van der Waals surface area (Å²) < 4.78 is 17.9. The van der Waals surface area contributed by atoms with Crippen molar-refractivity contribution in [3.8, 4) is 28.7 Å². The van der Waals surface area contributed by atoms with Gasteiger partial charge in [0, 0.05) is 31.0 Å². The van der Waals surface area contributed by atoms with E-state index < -0.39 is 11.6 Å². The number of aryl methyl sites for hydroxylation is 3. The van der Waals surface area contributed by atoms with E-state index in [9.17, 15) is 9.90 Å². The van der Waals surface area contributed by atoms with E-state index in [2.05, 4.69) is 20.1 Å². The number of carboxylic acids is 1. The second kappa shape index (κ2) is 12.0. The van der Waals surface area contributed by atoms with E-state index >= 15 is 0 Å². The number of carbonyl (C=O) groups is 1. The average molecular weight is 568 g/mol. The minimum atomic E-state index is -1.35. The number of pyridine rings is 1. The van der Waals surface area contributed by atoms with Crippen LogP contribution in [0, 0.1) is 20.8 Å². The third-order valence-corrected chi connectivity index (χ3v) is 6.82. The number of rotatable bonds is 11. The molecule has 0 aliphatic rings. The largest absolute Gasteiger partial charge is 0.478 e. The predicted molar refractivity (Wildman–Crippen MR) is 155 cm³/mol. The van der Waals surface area contributed by atoms with E-state index in [1.165, 1.54) is 13.8 Å². The van der Waals surface area contributed by atoms with Gasteiger partial charge in [-0.1, -0.05) is 30.3 Å². The molecule has 10 nitrogen and oxygen atoms in total. The van der Waals surface area contributed by atoms with Crippen molar-refractivity contribution in [1.29, 1.82) is 0 Å². The Balaban J connectivity index is 1.43. The molecule has 10 heteroatoms. The number of aliphatic carboxylic acids is 1. The maximum Gasteiger partial charge on any atom is 0.347 e. The highest BCUT2D eigenvalue weighted by Crippen LogP contribution is 2.30. The fourth-order valence-electron chi connectivity index (χ4n) is 4.62. The Morgan fingerprint density at radius 1 is 0.905 bits per heavy atom. The molecule has 2 aromatic carbocycles. The SMILES string of the molecule is Cc1cc(CN(Cc2nnc(-c3cccnc3)o2)Cc2nc(-c3ccccc3)oc2C)cc(C)c1OC(C)(C)C(=O)O. The van der Waals surface area contributed by atoms with Crippen LogP contribution in [0.15, 0.2) is 75.8 Å². The van der Waals surface area contributed by atoms with Gasteiger partial charge in [0.25, 0.3) is 0 Å². The molecular weight excluding hydrogens is 534 g/mol. The fourth-order valence-corrected chi connectivity index (χ4v) is 4.62. The fraction of sp³-hybridized carbons (Fsp3) is 0.281. The monoisotopic (exact) mass is 567 g/mol. The highest BCUT2D eigenvalue weighted by molar-refractivity contribution is 5.77. The van der Waals surface area contributed by atoms with Crippen molar-refractivity contribution in [2.75, 3.05) is 0 Å². The second-order valence-electron chi connectivity index (χ2n) is 10.8. The van der Waals surface area contributed by atoms with Crippen molar-refractivity contribution in [3.63, 3.8) is 0 Å². The van der Waals surface area contributed by atoms with E-state index in [1.54, 1.807) is 12.4 Å². The summed E-state index contributed by atoms with van der Waals surface area (Å²) in [6.45, 7) is 10.2. The van der Waals surface area contributed by atoms with Crippen LogP contribution in [0.4, 0.5) is 0 Å². The van der Waals surface area contributed by atoms with Crippen LogP contribution in [-0.2, 0) is 24.4 Å². The zero-order valence-corrected chi connectivity index (χ0v) is 24.3. The normalized spacial score (nSPS) is 11.7. The van der Waals surface area contributed by atoms with E-state index in [0.29, 0.717) is 43.1 Å². The van der Waals surface area contributed by atoms with Crippen molar-refractivity contribution in [2.24, 2.45) is 0 Å². The lowest BCUT2D eigenvalue weighted by atomic mass is 10.0. The third-order valence-electron chi connectivity index (χ3n) is 6.82. The van der Waals surface area contributed by atoms with Gasteiger partial charge in [0.05, 0.1) is 17.8 Å². The standard InChI is InChI=1S/C32H33N5O5/c1-20-14-23(15-21(2)28(20)42-32(4,5)31(38)39)17-37(19-27-35-36-30(41-27)25-12-9-13-33-16-25)18-26-22(3)40-29(34-26)24-10-7-6-8-11-24/h6-16H,17-19H2,1-5H3,(H,38,39). The number of hydrogen-bond donors (Lipinski definition) is 1. The van der Waals surface area contributed by atoms with E-state index in [4.69, 9.17) is 18.6 Å². The van der Waals surface area contributed by atoms with Gasteiger partial charge in [-0.15, -0.1) is 10.2 Å². The Kier molecular flexibility index (Phi) is 8.17. The number of oxazole rings is 1. The van der Waals surface area contributed by atoms with Gasteiger partial charge in [-0.2, -0.15) is 0 Å². The topological polar surface area (TPSA) is 128 Å². The molecule has 5 aromatic rings. The Morgan fingerprint density at radius 2 is 1.62 bits per heavy atom. The molecule has 42 heavy (non-hydrogen) atoms. The summed E-state index contributed by atoms with van der Waals surface area (Å²) in [5, 5.41) is 18.1. The zero-order valence-electron chi connectivity index (χ0n) is 24.3. The molecule has 0 amide bonds. The Morgan fingerprint density at radius 3 is 2.29 bits per heavy atom. The number of ether oxygens (including phenoxy) is 1. The zero-order chi connectivity index (χ0) is 29.9. The molecule has 0 atom stereocenters. The summed E-state index contributed by atoms with van der Waals surface area (Å²) in [5.41, 5.74) is 3.81. The van der Waals surface area contributed by atoms with Crippen LogP contribution in [0.3, 0.4) is 0 Å². The summed E-state index contributed by atoms with van der Waals surface area (Å²) in [6.07, 6.45) is 3.37. The van der Waals surface area contributed by atoms with Gasteiger partial charge in [-0.05, 0) is 75.6 Å². The first-order valence-electron chi connectivity index (χ1n) is 13.6. The minimum absolute atomic E-state index is 0.364. The molecule has 0 unspecified atom stereocenters. The van der Waals surface area contributed by atoms with Gasteiger partial charge < -0.3 is 18.7 Å². The lowest BCUT2D eigenvalue weighted by Crippen LogP contribution is -2.38. The predicted octanol–water partition coefficient (Wildman–Crippen LogP) is 6.16. The number of benzene rings is 2. The summed E-state index contributed by atoms with van der Waals surface area (Å²) in [4.78, 5) is 22.7. The van der Waals surface area contributed by atoms with E-state index in [1.807, 2.05) is 75.4 Å². The van der Waals surface area contributed by atoms with Gasteiger partial charge in [0.15, 0.2) is 5.60 Å². The number of carboxylic acid groups (broad SMARTS) is 1. The van der Waals surface area contributed by atoms with E-state index in [0.717, 1.165) is 39.3 Å². The molecule has 5 rings (SSSR count). The highest BCUT2D eigenvalue weighted by Gasteiger charge is 2.30. The van der Waals surface area contributed by atoms with Crippen LogP contribution in [0.25, 0.3) is 22.9 Å². The summed E-state index contributed by atoms with van der Waals surface area (Å²) >= 11 is 0. The van der Waals surface area contributed by atoms with Crippen molar-refractivity contribution >= 4 is 5.97 Å². The van der Waals surface area contributed by atoms with Crippen LogP contribution < -0.4 is 4.74 Å².